The molecule has 3 unspecified atom stereocenters. The number of hydrogen-bond donors (Lipinski definition) is 2. The summed E-state index contributed by atoms with van der Waals surface area (Å²) in [6.45, 7) is 6.19. The number of nitrogens with one attached hydrogen (secondary N) is 1. The number of allylic oxidation sites excluding steroid dienone is 2. The molecule has 5 nitrogen and oxygen atoms in total. The molecule has 1 saturated heterocycles. The molecule has 1 aliphatic carbocycles. The molecule has 0 saturated carbocycles. The Morgan fingerprint density at radius 2 is 2.07 bits per heavy atom. The average Bonchev–Trinajstić information content (AvgIpc) is 3.03. The maximum Gasteiger partial charge on any atom is 0.270 e. The number of ether oxygens (including phenoxy) is 1. The number of hydrogen-bond acceptors (Lipinski definition) is 4. The molecule has 2 heterocycles. The standard InChI is InChI=1S/C22H28NO4P/c1-4-5-10-20(24)23-21-16-12-11-15(14(2)3)13-18(16)27-22(21,25)17-8-6-7-9-19(17)28(21)26/h8-9,11-14,25,28H,4-7,10H2,1-3H3,(H,23,24). The Labute approximate surface area is 166 Å². The lowest BCUT2D eigenvalue weighted by Crippen LogP contribution is -2.57. The topological polar surface area (TPSA) is 75.6 Å². The van der Waals surface area contributed by atoms with Gasteiger partial charge in [0.15, 0.2) is 5.28 Å². The molecule has 1 amide bonds. The van der Waals surface area contributed by atoms with Gasteiger partial charge in [0.25, 0.3) is 5.79 Å². The van der Waals surface area contributed by atoms with Crippen molar-refractivity contribution in [2.24, 2.45) is 0 Å². The van der Waals surface area contributed by atoms with Crippen molar-refractivity contribution in [1.82, 2.24) is 5.32 Å². The molecule has 6 heteroatoms. The maximum absolute atomic E-state index is 13.8. The first kappa shape index (κ1) is 19.5. The third-order valence-corrected chi connectivity index (χ3v) is 8.41. The van der Waals surface area contributed by atoms with Crippen LogP contribution in [0.4, 0.5) is 0 Å². The third-order valence-electron chi connectivity index (χ3n) is 6.03. The van der Waals surface area contributed by atoms with E-state index < -0.39 is 18.9 Å². The predicted molar refractivity (Wildman–Crippen MR) is 110 cm³/mol. The fraction of sp³-hybridized carbons (Fsp3) is 0.500. The number of aliphatic hydroxyl groups is 1. The van der Waals surface area contributed by atoms with E-state index in [1.807, 2.05) is 37.3 Å². The lowest BCUT2D eigenvalue weighted by Gasteiger charge is -2.34. The van der Waals surface area contributed by atoms with Crippen molar-refractivity contribution in [1.29, 1.82) is 0 Å². The van der Waals surface area contributed by atoms with Crippen LogP contribution in [0.5, 0.6) is 5.75 Å². The van der Waals surface area contributed by atoms with Crippen LogP contribution >= 0.6 is 7.80 Å². The summed E-state index contributed by atoms with van der Waals surface area (Å²) in [7, 11) is -2.58. The van der Waals surface area contributed by atoms with E-state index in [0.29, 0.717) is 34.5 Å². The van der Waals surface area contributed by atoms with Crippen molar-refractivity contribution in [3.8, 4) is 5.75 Å². The van der Waals surface area contributed by atoms with E-state index in [4.69, 9.17) is 4.74 Å². The Bertz CT molecular complexity index is 919. The van der Waals surface area contributed by atoms with Crippen LogP contribution in [0.2, 0.25) is 0 Å². The second-order valence-electron chi connectivity index (χ2n) is 8.20. The molecule has 3 aliphatic rings. The van der Waals surface area contributed by atoms with Crippen molar-refractivity contribution in [2.45, 2.75) is 69.9 Å². The Hall–Kier alpha value is -1.84. The smallest absolute Gasteiger partial charge is 0.270 e. The molecule has 0 bridgehead atoms. The van der Waals surface area contributed by atoms with Crippen LogP contribution in [-0.4, -0.2) is 16.8 Å². The Balaban J connectivity index is 1.88. The SMILES string of the molecule is CCCCC(=O)NC12c3ccc(C(C)C)cc3OC1(O)C1=CCCC=C1[PH]2=O. The van der Waals surface area contributed by atoms with Crippen LogP contribution in [0.15, 0.2) is 41.2 Å². The number of carbonyl (C=O) groups excluding carboxylic acids is 1. The van der Waals surface area contributed by atoms with Crippen molar-refractivity contribution < 1.29 is 19.2 Å². The predicted octanol–water partition coefficient (Wildman–Crippen LogP) is 4.53. The van der Waals surface area contributed by atoms with Gasteiger partial charge in [0.1, 0.15) is 13.6 Å². The summed E-state index contributed by atoms with van der Waals surface area (Å²) in [5.41, 5.74) is 2.24. The molecular formula is C22H28NO4P. The van der Waals surface area contributed by atoms with Crippen LogP contribution < -0.4 is 10.1 Å². The van der Waals surface area contributed by atoms with Gasteiger partial charge in [-0.3, -0.25) is 4.79 Å². The molecule has 4 rings (SSSR count). The zero-order valence-corrected chi connectivity index (χ0v) is 17.7. The van der Waals surface area contributed by atoms with E-state index in [2.05, 4.69) is 19.2 Å². The summed E-state index contributed by atoms with van der Waals surface area (Å²) in [5.74, 6) is -1.23. The van der Waals surface area contributed by atoms with Crippen molar-refractivity contribution >= 4 is 13.7 Å². The quantitative estimate of drug-likeness (QED) is 0.711. The van der Waals surface area contributed by atoms with Gasteiger partial charge in [-0.25, -0.2) is 0 Å². The molecule has 150 valence electrons. The molecule has 1 aromatic carbocycles. The Morgan fingerprint density at radius 1 is 1.32 bits per heavy atom. The minimum Gasteiger partial charge on any atom is -0.454 e. The molecule has 0 radical (unpaired) electrons. The molecule has 0 spiro atoms. The fourth-order valence-corrected chi connectivity index (χ4v) is 6.92. The molecule has 1 fully saturated rings. The van der Waals surface area contributed by atoms with E-state index in [9.17, 15) is 14.5 Å². The first-order valence-corrected chi connectivity index (χ1v) is 11.6. The van der Waals surface area contributed by atoms with Gasteiger partial charge in [0, 0.05) is 22.9 Å². The second kappa shape index (κ2) is 6.89. The van der Waals surface area contributed by atoms with Gasteiger partial charge >= 0.3 is 0 Å². The summed E-state index contributed by atoms with van der Waals surface area (Å²) >= 11 is 0. The number of rotatable bonds is 5. The molecule has 1 aromatic rings. The fourth-order valence-electron chi connectivity index (χ4n) is 4.47. The summed E-state index contributed by atoms with van der Waals surface area (Å²) in [6.07, 6.45) is 7.34. The number of amides is 1. The van der Waals surface area contributed by atoms with Crippen LogP contribution in [0, 0.1) is 0 Å². The van der Waals surface area contributed by atoms with Gasteiger partial charge in [0.2, 0.25) is 5.91 Å². The Kier molecular flexibility index (Phi) is 4.79. The highest BCUT2D eigenvalue weighted by Crippen LogP contribution is 2.72. The normalized spacial score (nSPS) is 30.1. The number of benzene rings is 1. The van der Waals surface area contributed by atoms with E-state index in [0.717, 1.165) is 31.2 Å². The average molecular weight is 401 g/mol. The maximum atomic E-state index is 13.8. The molecule has 2 N–H and O–H groups in total. The molecule has 0 aromatic heterocycles. The largest absolute Gasteiger partial charge is 0.454 e. The van der Waals surface area contributed by atoms with Gasteiger partial charge in [0.05, 0.1) is 0 Å². The third kappa shape index (κ3) is 2.56. The molecule has 2 aliphatic heterocycles. The monoisotopic (exact) mass is 401 g/mol. The highest BCUT2D eigenvalue weighted by molar-refractivity contribution is 7.52. The minimum atomic E-state index is -2.58. The summed E-state index contributed by atoms with van der Waals surface area (Å²) < 4.78 is 19.9. The number of unbranched alkanes of at least 4 members (excludes halogenated alkanes) is 1. The van der Waals surface area contributed by atoms with Gasteiger partial charge in [-0.15, -0.1) is 0 Å². The highest BCUT2D eigenvalue weighted by atomic mass is 31.1. The zero-order valence-electron chi connectivity index (χ0n) is 16.7. The van der Waals surface area contributed by atoms with E-state index in [-0.39, 0.29) is 5.91 Å². The highest BCUT2D eigenvalue weighted by Gasteiger charge is 2.72. The zero-order chi connectivity index (χ0) is 20.1. The van der Waals surface area contributed by atoms with Gasteiger partial charge in [-0.2, -0.15) is 0 Å². The van der Waals surface area contributed by atoms with Crippen LogP contribution in [0.25, 0.3) is 0 Å². The van der Waals surface area contributed by atoms with Gasteiger partial charge in [-0.05, 0) is 36.8 Å². The number of fused-ring (bicyclic) bond motifs is 5. The van der Waals surface area contributed by atoms with Gasteiger partial charge < -0.3 is 19.7 Å². The van der Waals surface area contributed by atoms with Crippen LogP contribution in [0.1, 0.15) is 69.9 Å². The Morgan fingerprint density at radius 3 is 2.79 bits per heavy atom. The summed E-state index contributed by atoms with van der Waals surface area (Å²) in [5, 5.41) is 13.9. The first-order valence-electron chi connectivity index (χ1n) is 10.2. The van der Waals surface area contributed by atoms with E-state index in [1.54, 1.807) is 0 Å². The van der Waals surface area contributed by atoms with Crippen LogP contribution in [0.3, 0.4) is 0 Å². The lowest BCUT2D eigenvalue weighted by molar-refractivity contribution is -0.139. The molecular weight excluding hydrogens is 373 g/mol. The van der Waals surface area contributed by atoms with Gasteiger partial charge in [-0.1, -0.05) is 51.5 Å². The summed E-state index contributed by atoms with van der Waals surface area (Å²) in [6, 6.07) is 5.74. The number of carbonyl (C=O) groups is 1. The molecule has 3 atom stereocenters. The summed E-state index contributed by atoms with van der Waals surface area (Å²) in [4.78, 5) is 12.7. The van der Waals surface area contributed by atoms with E-state index in [1.165, 1.54) is 0 Å². The first-order chi connectivity index (χ1) is 13.3. The van der Waals surface area contributed by atoms with Crippen molar-refractivity contribution in [2.75, 3.05) is 0 Å². The van der Waals surface area contributed by atoms with E-state index >= 15 is 0 Å². The second-order valence-corrected chi connectivity index (χ2v) is 10.1. The lowest BCUT2D eigenvalue weighted by atomic mass is 9.90. The molecule has 28 heavy (non-hydrogen) atoms. The van der Waals surface area contributed by atoms with Crippen molar-refractivity contribution in [3.63, 3.8) is 0 Å². The van der Waals surface area contributed by atoms with Crippen LogP contribution in [-0.2, 0) is 14.6 Å². The minimum absolute atomic E-state index is 0.206. The van der Waals surface area contributed by atoms with Crippen molar-refractivity contribution in [3.05, 3.63) is 52.4 Å².